The van der Waals surface area contributed by atoms with E-state index in [2.05, 4.69) is 34.5 Å². The van der Waals surface area contributed by atoms with E-state index in [4.69, 9.17) is 4.74 Å². The van der Waals surface area contributed by atoms with Gasteiger partial charge in [-0.15, -0.1) is 11.3 Å². The number of anilines is 1. The third-order valence-corrected chi connectivity index (χ3v) is 5.34. The summed E-state index contributed by atoms with van der Waals surface area (Å²) in [6.45, 7) is 2.22. The molecule has 1 aromatic heterocycles. The normalized spacial score (nSPS) is 13.6. The first-order chi connectivity index (χ1) is 11.7. The smallest absolute Gasteiger partial charge is 0.273 e. The summed E-state index contributed by atoms with van der Waals surface area (Å²) in [5, 5.41) is 14.5. The third-order valence-electron chi connectivity index (χ3n) is 4.33. The number of ether oxygens (including phenoxy) is 1. The van der Waals surface area contributed by atoms with Gasteiger partial charge >= 0.3 is 0 Å². The Morgan fingerprint density at radius 2 is 2.12 bits per heavy atom. The molecule has 0 radical (unpaired) electrons. The summed E-state index contributed by atoms with van der Waals surface area (Å²) in [6, 6.07) is 13.3. The summed E-state index contributed by atoms with van der Waals surface area (Å²) < 4.78 is 6.92. The van der Waals surface area contributed by atoms with E-state index in [1.807, 2.05) is 0 Å². The molecule has 0 unspecified atom stereocenters. The van der Waals surface area contributed by atoms with Crippen LogP contribution in [-0.4, -0.2) is 24.6 Å². The van der Waals surface area contributed by atoms with E-state index >= 15 is 0 Å². The number of hydrogen-bond acceptors (Lipinski definition) is 5. The molecule has 0 saturated heterocycles. The number of nitro benzene ring substituents is 1. The largest absolute Gasteiger partial charge is 0.489 e. The monoisotopic (exact) mass is 340 g/mol. The molecule has 0 spiro atoms. The van der Waals surface area contributed by atoms with E-state index in [9.17, 15) is 10.1 Å². The van der Waals surface area contributed by atoms with Gasteiger partial charge in [0.2, 0.25) is 0 Å². The van der Waals surface area contributed by atoms with Gasteiger partial charge in [0.1, 0.15) is 12.4 Å². The molecule has 24 heavy (non-hydrogen) atoms. The first-order valence-corrected chi connectivity index (χ1v) is 8.71. The minimum atomic E-state index is -0.389. The van der Waals surface area contributed by atoms with Crippen LogP contribution in [0.5, 0.6) is 5.75 Å². The van der Waals surface area contributed by atoms with Crippen molar-refractivity contribution in [3.63, 3.8) is 0 Å². The highest BCUT2D eigenvalue weighted by Gasteiger charge is 2.21. The van der Waals surface area contributed by atoms with Gasteiger partial charge in [-0.1, -0.05) is 18.2 Å². The fourth-order valence-corrected chi connectivity index (χ4v) is 4.09. The zero-order valence-electron chi connectivity index (χ0n) is 13.0. The maximum atomic E-state index is 10.9. The van der Waals surface area contributed by atoms with Crippen LogP contribution in [-0.2, 0) is 6.42 Å². The lowest BCUT2D eigenvalue weighted by atomic mass is 10.1. The molecule has 6 heteroatoms. The van der Waals surface area contributed by atoms with Crippen LogP contribution in [0, 0.1) is 10.1 Å². The van der Waals surface area contributed by atoms with Gasteiger partial charge in [-0.3, -0.25) is 10.1 Å². The zero-order valence-corrected chi connectivity index (χ0v) is 13.8. The van der Waals surface area contributed by atoms with Crippen molar-refractivity contribution in [1.82, 2.24) is 0 Å². The summed E-state index contributed by atoms with van der Waals surface area (Å²) in [5.41, 5.74) is 2.36. The summed E-state index contributed by atoms with van der Waals surface area (Å²) >= 11 is 1.77. The Kier molecular flexibility index (Phi) is 3.82. The molecule has 4 rings (SSSR count). The molecular formula is C18H16N2O3S. The third kappa shape index (κ3) is 2.69. The Bertz CT molecular complexity index is 906. The van der Waals surface area contributed by atoms with Crippen LogP contribution < -0.4 is 9.64 Å². The second kappa shape index (κ2) is 6.13. The Hall–Kier alpha value is -2.60. The molecule has 122 valence electrons. The quantitative estimate of drug-likeness (QED) is 0.526. The lowest BCUT2D eigenvalue weighted by Gasteiger charge is -2.31. The minimum Gasteiger partial charge on any atom is -0.489 e. The Morgan fingerprint density at radius 1 is 1.25 bits per heavy atom. The molecule has 2 aromatic carbocycles. The Labute approximate surface area is 143 Å². The van der Waals surface area contributed by atoms with Crippen LogP contribution in [0.1, 0.15) is 5.56 Å². The van der Waals surface area contributed by atoms with Gasteiger partial charge in [-0.25, -0.2) is 0 Å². The van der Waals surface area contributed by atoms with E-state index < -0.39 is 0 Å². The van der Waals surface area contributed by atoms with E-state index in [-0.39, 0.29) is 10.6 Å². The van der Waals surface area contributed by atoms with Gasteiger partial charge in [0.15, 0.2) is 0 Å². The van der Waals surface area contributed by atoms with Gasteiger partial charge in [0.25, 0.3) is 5.69 Å². The lowest BCUT2D eigenvalue weighted by Crippen LogP contribution is -2.34. The molecule has 2 heterocycles. The average molecular weight is 340 g/mol. The summed E-state index contributed by atoms with van der Waals surface area (Å²) in [7, 11) is 0. The van der Waals surface area contributed by atoms with Crippen molar-refractivity contribution < 1.29 is 9.66 Å². The summed E-state index contributed by atoms with van der Waals surface area (Å²) in [5.74, 6) is 0.602. The SMILES string of the molecule is O=[N+]([O-])c1ccc2c(c1)OCCN2CCc1csc2ccccc12. The molecule has 3 aromatic rings. The van der Waals surface area contributed by atoms with Crippen molar-refractivity contribution in [2.24, 2.45) is 0 Å². The van der Waals surface area contributed by atoms with Crippen molar-refractivity contribution in [3.8, 4) is 5.75 Å². The maximum absolute atomic E-state index is 10.9. The fraction of sp³-hybridized carbons (Fsp3) is 0.222. The molecule has 0 saturated carbocycles. The maximum Gasteiger partial charge on any atom is 0.273 e. The molecule has 0 aliphatic carbocycles. The predicted octanol–water partition coefficient (Wildman–Crippen LogP) is 4.25. The van der Waals surface area contributed by atoms with Crippen LogP contribution in [0.25, 0.3) is 10.1 Å². The van der Waals surface area contributed by atoms with E-state index in [1.54, 1.807) is 23.5 Å². The van der Waals surface area contributed by atoms with Crippen LogP contribution >= 0.6 is 11.3 Å². The Balaban J connectivity index is 1.55. The number of hydrogen-bond donors (Lipinski definition) is 0. The van der Waals surface area contributed by atoms with Gasteiger partial charge in [-0.2, -0.15) is 0 Å². The molecule has 1 aliphatic rings. The van der Waals surface area contributed by atoms with E-state index in [0.717, 1.165) is 25.2 Å². The van der Waals surface area contributed by atoms with Crippen LogP contribution in [0.4, 0.5) is 11.4 Å². The van der Waals surface area contributed by atoms with Crippen molar-refractivity contribution in [2.75, 3.05) is 24.6 Å². The van der Waals surface area contributed by atoms with Crippen LogP contribution in [0.2, 0.25) is 0 Å². The first kappa shape index (κ1) is 15.0. The number of nitro groups is 1. The highest BCUT2D eigenvalue weighted by molar-refractivity contribution is 7.17. The molecule has 0 N–H and O–H groups in total. The summed E-state index contributed by atoms with van der Waals surface area (Å²) in [4.78, 5) is 12.8. The van der Waals surface area contributed by atoms with Crippen LogP contribution in [0.15, 0.2) is 47.8 Å². The summed E-state index contributed by atoms with van der Waals surface area (Å²) in [6.07, 6.45) is 0.945. The lowest BCUT2D eigenvalue weighted by molar-refractivity contribution is -0.384. The second-order valence-corrected chi connectivity index (χ2v) is 6.66. The highest BCUT2D eigenvalue weighted by atomic mass is 32.1. The zero-order chi connectivity index (χ0) is 16.5. The minimum absolute atomic E-state index is 0.0689. The molecule has 1 aliphatic heterocycles. The number of thiophene rings is 1. The highest BCUT2D eigenvalue weighted by Crippen LogP contribution is 2.35. The molecule has 0 fully saturated rings. The van der Waals surface area contributed by atoms with Crippen molar-refractivity contribution in [3.05, 3.63) is 63.5 Å². The number of rotatable bonds is 4. The molecule has 0 atom stereocenters. The van der Waals surface area contributed by atoms with Gasteiger partial charge in [0, 0.05) is 17.3 Å². The van der Waals surface area contributed by atoms with Crippen molar-refractivity contribution in [2.45, 2.75) is 6.42 Å². The van der Waals surface area contributed by atoms with Crippen molar-refractivity contribution >= 4 is 32.8 Å². The molecular weight excluding hydrogens is 324 g/mol. The van der Waals surface area contributed by atoms with Crippen molar-refractivity contribution in [1.29, 1.82) is 0 Å². The van der Waals surface area contributed by atoms with Gasteiger partial charge in [-0.05, 0) is 34.9 Å². The van der Waals surface area contributed by atoms with E-state index in [1.165, 1.54) is 21.7 Å². The topological polar surface area (TPSA) is 55.6 Å². The predicted molar refractivity (Wildman–Crippen MR) is 96.3 cm³/mol. The molecule has 0 bridgehead atoms. The van der Waals surface area contributed by atoms with E-state index in [0.29, 0.717) is 12.4 Å². The second-order valence-electron chi connectivity index (χ2n) is 5.75. The van der Waals surface area contributed by atoms with Gasteiger partial charge in [0.05, 0.1) is 23.2 Å². The number of benzene rings is 2. The number of fused-ring (bicyclic) bond motifs is 2. The Morgan fingerprint density at radius 3 is 3.00 bits per heavy atom. The van der Waals surface area contributed by atoms with Gasteiger partial charge < -0.3 is 9.64 Å². The average Bonchev–Trinajstić information content (AvgIpc) is 3.02. The fourth-order valence-electron chi connectivity index (χ4n) is 3.09. The number of non-ortho nitro benzene ring substituents is 1. The molecule has 5 nitrogen and oxygen atoms in total. The molecule has 0 amide bonds. The standard InChI is InChI=1S/C18H16N2O3S/c21-20(22)14-5-6-16-17(11-14)23-10-9-19(16)8-7-13-12-24-18-4-2-1-3-15(13)18/h1-6,11-12H,7-10H2. The van der Waals surface area contributed by atoms with Crippen LogP contribution in [0.3, 0.4) is 0 Å². The first-order valence-electron chi connectivity index (χ1n) is 7.84. The number of nitrogens with zero attached hydrogens (tertiary/aromatic N) is 2.